The zero-order valence-electron chi connectivity index (χ0n) is 29.6. The third-order valence-electron chi connectivity index (χ3n) is 9.93. The van der Waals surface area contributed by atoms with Gasteiger partial charge in [0.15, 0.2) is 0 Å². The average molecular weight is 699 g/mol. The second-order valence-electron chi connectivity index (χ2n) is 14.0. The number of rotatable bonds is 10. The van der Waals surface area contributed by atoms with Crippen LogP contribution in [0.5, 0.6) is 0 Å². The van der Waals surface area contributed by atoms with Crippen molar-refractivity contribution in [2.75, 3.05) is 20.2 Å². The van der Waals surface area contributed by atoms with Crippen molar-refractivity contribution in [1.82, 2.24) is 40.4 Å². The highest BCUT2D eigenvalue weighted by molar-refractivity contribution is 5.87. The van der Waals surface area contributed by atoms with Crippen molar-refractivity contribution in [3.8, 4) is 22.4 Å². The number of imidazole rings is 2. The molecule has 0 aliphatic carbocycles. The predicted octanol–water partition coefficient (Wildman–Crippen LogP) is 5.62. The number of carbonyl (C=O) groups excluding carboxylic acids is 3. The second kappa shape index (κ2) is 14.8. The molecular weight excluding hydrogens is 652 g/mol. The number of nitrogens with zero attached hydrogens (tertiary/aromatic N) is 4. The summed E-state index contributed by atoms with van der Waals surface area (Å²) < 4.78 is 4.75. The first-order valence-corrected chi connectivity index (χ1v) is 17.6. The fourth-order valence-electron chi connectivity index (χ4n) is 7.19. The lowest BCUT2D eigenvalue weighted by molar-refractivity contribution is -0.136. The van der Waals surface area contributed by atoms with Gasteiger partial charge in [-0.15, -0.1) is 0 Å². The highest BCUT2D eigenvalue weighted by Crippen LogP contribution is 2.35. The van der Waals surface area contributed by atoms with Crippen LogP contribution in [-0.4, -0.2) is 91.1 Å². The molecule has 2 fully saturated rings. The van der Waals surface area contributed by atoms with E-state index in [-0.39, 0.29) is 35.7 Å². The summed E-state index contributed by atoms with van der Waals surface area (Å²) in [6.07, 6.45) is 3.09. The Morgan fingerprint density at radius 1 is 0.804 bits per heavy atom. The first-order chi connectivity index (χ1) is 24.4. The highest BCUT2D eigenvalue weighted by Gasteiger charge is 2.39. The Kier molecular flexibility index (Phi) is 10.3. The van der Waals surface area contributed by atoms with Crippen molar-refractivity contribution in [1.29, 1.82) is 0 Å². The number of ether oxygens (including phenoxy) is 1. The molecule has 5 N–H and O–H groups in total. The molecular formula is C37H46N8O6. The number of carboxylic acid groups (broad SMARTS) is 1. The fourth-order valence-corrected chi connectivity index (χ4v) is 7.19. The van der Waals surface area contributed by atoms with Gasteiger partial charge in [0.2, 0.25) is 11.8 Å². The van der Waals surface area contributed by atoms with Crippen molar-refractivity contribution in [2.24, 2.45) is 11.8 Å². The molecule has 2 aromatic carbocycles. The van der Waals surface area contributed by atoms with Crippen LogP contribution in [-0.2, 0) is 14.3 Å². The van der Waals surface area contributed by atoms with E-state index in [0.29, 0.717) is 18.9 Å². The number of hydrogen-bond acceptors (Lipinski definition) is 7. The molecule has 0 radical (unpaired) electrons. The standard InChI is InChI=1S/C37H46N8O6/c1-20(2)30(42-36(48)49)34(46)44-16-6-8-28(44)32-38-19-27(41-32)23-12-10-22(11-13-23)24-14-15-25-26(18-24)40-33(39-25)29-9-7-17-45(29)35(47)31(21(3)4)43-37(50)51-5/h10-15,18-21,28-31,42H,6-9,16-17H2,1-5H3,(H,38,41)(H,39,40)(H,43,50)(H,48,49). The van der Waals surface area contributed by atoms with E-state index in [2.05, 4.69) is 31.7 Å². The molecule has 2 aromatic heterocycles. The molecule has 4 atom stereocenters. The van der Waals surface area contributed by atoms with Crippen LogP contribution in [0.3, 0.4) is 0 Å². The summed E-state index contributed by atoms with van der Waals surface area (Å²) in [7, 11) is 1.28. The summed E-state index contributed by atoms with van der Waals surface area (Å²) in [5.74, 6) is 0.717. The molecule has 0 saturated carbocycles. The van der Waals surface area contributed by atoms with E-state index < -0.39 is 24.3 Å². The van der Waals surface area contributed by atoms with Gasteiger partial charge >= 0.3 is 12.2 Å². The third-order valence-corrected chi connectivity index (χ3v) is 9.93. The number of aromatic amines is 2. The smallest absolute Gasteiger partial charge is 0.407 e. The van der Waals surface area contributed by atoms with Crippen LogP contribution < -0.4 is 10.6 Å². The number of amides is 4. The zero-order chi connectivity index (χ0) is 36.4. The number of hydrogen-bond donors (Lipinski definition) is 5. The minimum atomic E-state index is -1.22. The van der Waals surface area contributed by atoms with Crippen molar-refractivity contribution < 1.29 is 29.0 Å². The normalized spacial score (nSPS) is 18.7. The van der Waals surface area contributed by atoms with Gasteiger partial charge in [-0.25, -0.2) is 19.6 Å². The SMILES string of the molecule is COC(=O)NC(C(=O)N1CCCC1c1nc2ccc(-c3ccc(-c4cnc(C5CCCN5C(=O)C(NC(=O)O)C(C)C)[nH]4)cc3)cc2[nH]1)C(C)C. The molecule has 270 valence electrons. The van der Waals surface area contributed by atoms with Gasteiger partial charge in [0.05, 0.1) is 42.1 Å². The molecule has 2 saturated heterocycles. The Balaban J connectivity index is 1.16. The van der Waals surface area contributed by atoms with Crippen molar-refractivity contribution in [3.63, 3.8) is 0 Å². The summed E-state index contributed by atoms with van der Waals surface area (Å²) in [5, 5.41) is 14.3. The number of alkyl carbamates (subject to hydrolysis) is 1. The first-order valence-electron chi connectivity index (χ1n) is 17.6. The topological polar surface area (TPSA) is 186 Å². The fraction of sp³-hybridized carbons (Fsp3) is 0.459. The van der Waals surface area contributed by atoms with Crippen LogP contribution >= 0.6 is 0 Å². The van der Waals surface area contributed by atoms with Crippen molar-refractivity contribution >= 4 is 35.0 Å². The number of benzene rings is 2. The summed E-state index contributed by atoms with van der Waals surface area (Å²) in [6.45, 7) is 8.58. The predicted molar refractivity (Wildman–Crippen MR) is 190 cm³/mol. The van der Waals surface area contributed by atoms with E-state index in [0.717, 1.165) is 64.9 Å². The maximum absolute atomic E-state index is 13.6. The van der Waals surface area contributed by atoms with Gasteiger partial charge < -0.3 is 40.2 Å². The van der Waals surface area contributed by atoms with Crippen LogP contribution in [0.1, 0.15) is 77.1 Å². The molecule has 2 aliphatic heterocycles. The van der Waals surface area contributed by atoms with Crippen LogP contribution in [0, 0.1) is 11.8 Å². The number of nitrogens with one attached hydrogen (secondary N) is 4. The molecule has 14 heteroatoms. The van der Waals surface area contributed by atoms with Crippen LogP contribution in [0.4, 0.5) is 9.59 Å². The molecule has 4 amide bonds. The number of likely N-dealkylation sites (tertiary alicyclic amines) is 2. The Hall–Kier alpha value is -5.40. The number of methoxy groups -OCH3 is 1. The Morgan fingerprint density at radius 3 is 1.96 bits per heavy atom. The van der Waals surface area contributed by atoms with Crippen LogP contribution in [0.15, 0.2) is 48.7 Å². The number of fused-ring (bicyclic) bond motifs is 1. The monoisotopic (exact) mass is 698 g/mol. The van der Waals surface area contributed by atoms with Gasteiger partial charge in [-0.3, -0.25) is 9.59 Å². The largest absolute Gasteiger partial charge is 0.465 e. The van der Waals surface area contributed by atoms with E-state index >= 15 is 0 Å². The van der Waals surface area contributed by atoms with Gasteiger partial charge in [0.1, 0.15) is 23.7 Å². The maximum Gasteiger partial charge on any atom is 0.407 e. The lowest BCUT2D eigenvalue weighted by atomic mass is 10.0. The van der Waals surface area contributed by atoms with Gasteiger partial charge in [-0.05, 0) is 66.3 Å². The lowest BCUT2D eigenvalue weighted by Crippen LogP contribution is -2.51. The van der Waals surface area contributed by atoms with E-state index in [1.54, 1.807) is 16.0 Å². The van der Waals surface area contributed by atoms with E-state index in [4.69, 9.17) is 9.72 Å². The first kappa shape index (κ1) is 35.4. The molecule has 6 rings (SSSR count). The van der Waals surface area contributed by atoms with Crippen molar-refractivity contribution in [3.05, 3.63) is 60.3 Å². The van der Waals surface area contributed by atoms with Crippen molar-refractivity contribution in [2.45, 2.75) is 77.5 Å². The molecule has 2 aliphatic rings. The Bertz CT molecular complexity index is 1900. The summed E-state index contributed by atoms with van der Waals surface area (Å²) in [6, 6.07) is 12.2. The quantitative estimate of drug-likeness (QED) is 0.141. The lowest BCUT2D eigenvalue weighted by Gasteiger charge is -2.29. The van der Waals surface area contributed by atoms with Gasteiger partial charge in [-0.2, -0.15) is 0 Å². The van der Waals surface area contributed by atoms with Crippen LogP contribution in [0.2, 0.25) is 0 Å². The average Bonchev–Trinajstić information content (AvgIpc) is 3.94. The van der Waals surface area contributed by atoms with Crippen LogP contribution in [0.25, 0.3) is 33.4 Å². The minimum absolute atomic E-state index is 0.113. The Labute approximate surface area is 296 Å². The molecule has 0 bridgehead atoms. The molecule has 0 spiro atoms. The molecule has 4 unspecified atom stereocenters. The van der Waals surface area contributed by atoms with Gasteiger partial charge in [-0.1, -0.05) is 58.0 Å². The Morgan fingerprint density at radius 2 is 1.37 bits per heavy atom. The van der Waals surface area contributed by atoms with E-state index in [1.807, 2.05) is 64.1 Å². The van der Waals surface area contributed by atoms with E-state index in [9.17, 15) is 24.3 Å². The van der Waals surface area contributed by atoms with Gasteiger partial charge in [0, 0.05) is 13.1 Å². The highest BCUT2D eigenvalue weighted by atomic mass is 16.5. The summed E-state index contributed by atoms with van der Waals surface area (Å²) in [4.78, 5) is 70.1. The third kappa shape index (κ3) is 7.40. The molecule has 14 nitrogen and oxygen atoms in total. The summed E-state index contributed by atoms with van der Waals surface area (Å²) >= 11 is 0. The minimum Gasteiger partial charge on any atom is -0.465 e. The summed E-state index contributed by atoms with van der Waals surface area (Å²) in [5.41, 5.74) is 5.46. The number of aromatic nitrogens is 4. The second-order valence-corrected chi connectivity index (χ2v) is 14.0. The van der Waals surface area contributed by atoms with E-state index in [1.165, 1.54) is 7.11 Å². The molecule has 51 heavy (non-hydrogen) atoms. The number of H-pyrrole nitrogens is 2. The molecule has 4 heterocycles. The van der Waals surface area contributed by atoms with Gasteiger partial charge in [0.25, 0.3) is 0 Å². The number of carbonyl (C=O) groups is 4. The maximum atomic E-state index is 13.6. The molecule has 4 aromatic rings. The zero-order valence-corrected chi connectivity index (χ0v) is 29.6.